The summed E-state index contributed by atoms with van der Waals surface area (Å²) in [5, 5.41) is 3.97. The molecule has 1 amide bonds. The molecule has 0 aliphatic carbocycles. The Morgan fingerprint density at radius 1 is 0.968 bits per heavy atom. The van der Waals surface area contributed by atoms with Crippen molar-refractivity contribution in [1.29, 1.82) is 0 Å². The first kappa shape index (κ1) is 22.0. The molecule has 0 saturated carbocycles. The van der Waals surface area contributed by atoms with Crippen molar-refractivity contribution in [3.63, 3.8) is 0 Å². The number of hydrazone groups is 1. The molecule has 3 aromatic rings. The van der Waals surface area contributed by atoms with Gasteiger partial charge in [-0.05, 0) is 54.3 Å². The highest BCUT2D eigenvalue weighted by molar-refractivity contribution is 5.94. The van der Waals surface area contributed by atoms with Crippen molar-refractivity contribution in [3.8, 4) is 11.3 Å². The molecule has 0 spiro atoms. The summed E-state index contributed by atoms with van der Waals surface area (Å²) in [4.78, 5) is 24.0. The predicted molar refractivity (Wildman–Crippen MR) is 120 cm³/mol. The number of carbonyl (C=O) groups is 2. The summed E-state index contributed by atoms with van der Waals surface area (Å²) in [7, 11) is 0. The number of nitrogens with one attached hydrogen (secondary N) is 1. The molecule has 160 valence electrons. The van der Waals surface area contributed by atoms with Gasteiger partial charge in [0.15, 0.2) is 0 Å². The second-order valence-corrected chi connectivity index (χ2v) is 8.03. The van der Waals surface area contributed by atoms with Gasteiger partial charge in [-0.3, -0.25) is 4.79 Å². The van der Waals surface area contributed by atoms with Crippen molar-refractivity contribution in [1.82, 2.24) is 5.43 Å². The lowest BCUT2D eigenvalue weighted by molar-refractivity contribution is 0.0526. The Bertz CT molecular complexity index is 1070. The summed E-state index contributed by atoms with van der Waals surface area (Å²) in [6.07, 6.45) is 1.44. The standard InChI is InChI=1S/C25H26N2O4/c1-5-30-24(29)19-8-6-17(7-9-19)22-15-14-21(31-22)16-26-27-23(28)18-10-12-20(13-11-18)25(2,3)4/h6-16H,5H2,1-4H3,(H,27,28)/b26-16+. The van der Waals surface area contributed by atoms with E-state index in [1.807, 2.05) is 12.1 Å². The number of amides is 1. The van der Waals surface area contributed by atoms with Crippen molar-refractivity contribution in [3.05, 3.63) is 83.1 Å². The summed E-state index contributed by atoms with van der Waals surface area (Å²) in [6.45, 7) is 8.47. The Kier molecular flexibility index (Phi) is 6.70. The van der Waals surface area contributed by atoms with Crippen LogP contribution in [0.25, 0.3) is 11.3 Å². The zero-order valence-corrected chi connectivity index (χ0v) is 18.1. The molecule has 0 radical (unpaired) electrons. The van der Waals surface area contributed by atoms with Gasteiger partial charge in [-0.2, -0.15) is 5.10 Å². The van der Waals surface area contributed by atoms with Crippen LogP contribution in [0.5, 0.6) is 0 Å². The maximum Gasteiger partial charge on any atom is 0.338 e. The number of nitrogens with zero attached hydrogens (tertiary/aromatic N) is 1. The molecule has 0 bridgehead atoms. The van der Waals surface area contributed by atoms with Gasteiger partial charge in [0.25, 0.3) is 5.91 Å². The molecule has 1 N–H and O–H groups in total. The number of ether oxygens (including phenoxy) is 1. The van der Waals surface area contributed by atoms with E-state index in [-0.39, 0.29) is 17.3 Å². The van der Waals surface area contributed by atoms with Crippen molar-refractivity contribution in [2.24, 2.45) is 5.10 Å². The lowest BCUT2D eigenvalue weighted by Crippen LogP contribution is -2.18. The number of carbonyl (C=O) groups excluding carboxylic acids is 2. The van der Waals surface area contributed by atoms with Crippen LogP contribution in [0.3, 0.4) is 0 Å². The topological polar surface area (TPSA) is 80.9 Å². The van der Waals surface area contributed by atoms with Gasteiger partial charge < -0.3 is 9.15 Å². The van der Waals surface area contributed by atoms with Gasteiger partial charge in [-0.15, -0.1) is 0 Å². The first-order chi connectivity index (χ1) is 14.8. The fraction of sp³-hybridized carbons (Fsp3) is 0.240. The third kappa shape index (κ3) is 5.69. The average molecular weight is 418 g/mol. The minimum atomic E-state index is -0.356. The van der Waals surface area contributed by atoms with Gasteiger partial charge in [0.2, 0.25) is 0 Å². The third-order valence-corrected chi connectivity index (χ3v) is 4.68. The van der Waals surface area contributed by atoms with Crippen LogP contribution in [0.1, 0.15) is 59.7 Å². The van der Waals surface area contributed by atoms with Crippen molar-refractivity contribution < 1.29 is 18.7 Å². The van der Waals surface area contributed by atoms with Gasteiger partial charge in [-0.25, -0.2) is 10.2 Å². The summed E-state index contributed by atoms with van der Waals surface area (Å²) in [5.74, 6) is 0.469. The van der Waals surface area contributed by atoms with Crippen LogP contribution in [0.4, 0.5) is 0 Å². The molecule has 3 rings (SSSR count). The van der Waals surface area contributed by atoms with Crippen molar-refractivity contribution in [2.45, 2.75) is 33.1 Å². The molecule has 0 aliphatic heterocycles. The molecule has 0 saturated heterocycles. The van der Waals surface area contributed by atoms with Gasteiger partial charge in [0.05, 0.1) is 18.4 Å². The number of esters is 1. The summed E-state index contributed by atoms with van der Waals surface area (Å²) < 4.78 is 10.7. The lowest BCUT2D eigenvalue weighted by atomic mass is 9.87. The van der Waals surface area contributed by atoms with Gasteiger partial charge >= 0.3 is 5.97 Å². The maximum absolute atomic E-state index is 12.3. The Balaban J connectivity index is 1.60. The van der Waals surface area contributed by atoms with E-state index in [0.717, 1.165) is 11.1 Å². The molecule has 1 aromatic heterocycles. The normalized spacial score (nSPS) is 11.5. The number of rotatable bonds is 6. The molecule has 2 aromatic carbocycles. The van der Waals surface area contributed by atoms with E-state index in [1.165, 1.54) is 6.21 Å². The van der Waals surface area contributed by atoms with E-state index < -0.39 is 0 Å². The van der Waals surface area contributed by atoms with Gasteiger partial charge in [0.1, 0.15) is 11.5 Å². The molecule has 6 nitrogen and oxygen atoms in total. The Morgan fingerprint density at radius 3 is 2.23 bits per heavy atom. The highest BCUT2D eigenvalue weighted by atomic mass is 16.5. The van der Waals surface area contributed by atoms with Crippen molar-refractivity contribution in [2.75, 3.05) is 6.61 Å². The molecule has 0 aliphatic rings. The Morgan fingerprint density at radius 2 is 1.61 bits per heavy atom. The first-order valence-corrected chi connectivity index (χ1v) is 10.1. The molecule has 0 unspecified atom stereocenters. The maximum atomic E-state index is 12.3. The van der Waals surface area contributed by atoms with E-state index in [4.69, 9.17) is 9.15 Å². The molecule has 31 heavy (non-hydrogen) atoms. The highest BCUT2D eigenvalue weighted by Crippen LogP contribution is 2.23. The number of hydrogen-bond donors (Lipinski definition) is 1. The van der Waals surface area contributed by atoms with Crippen LogP contribution >= 0.6 is 0 Å². The number of furan rings is 1. The fourth-order valence-corrected chi connectivity index (χ4v) is 2.90. The predicted octanol–water partition coefficient (Wildman–Crippen LogP) is 5.18. The van der Waals surface area contributed by atoms with Crippen LogP contribution in [0, 0.1) is 0 Å². The van der Waals surface area contributed by atoms with Crippen LogP contribution in [0.2, 0.25) is 0 Å². The zero-order chi connectivity index (χ0) is 22.4. The van der Waals surface area contributed by atoms with Crippen molar-refractivity contribution >= 4 is 18.1 Å². The van der Waals surface area contributed by atoms with Gasteiger partial charge in [0, 0.05) is 11.1 Å². The minimum Gasteiger partial charge on any atom is -0.462 e. The minimum absolute atomic E-state index is 0.0310. The van der Waals surface area contributed by atoms with E-state index in [0.29, 0.717) is 29.3 Å². The third-order valence-electron chi connectivity index (χ3n) is 4.68. The van der Waals surface area contributed by atoms with E-state index in [9.17, 15) is 9.59 Å². The largest absolute Gasteiger partial charge is 0.462 e. The molecular formula is C25H26N2O4. The molecule has 6 heteroatoms. The second-order valence-electron chi connectivity index (χ2n) is 8.03. The van der Waals surface area contributed by atoms with E-state index >= 15 is 0 Å². The first-order valence-electron chi connectivity index (χ1n) is 10.1. The monoisotopic (exact) mass is 418 g/mol. The summed E-state index contributed by atoms with van der Waals surface area (Å²) in [6, 6.07) is 18.0. The summed E-state index contributed by atoms with van der Waals surface area (Å²) in [5.41, 5.74) is 5.53. The zero-order valence-electron chi connectivity index (χ0n) is 18.1. The molecule has 0 atom stereocenters. The Labute approximate surface area is 181 Å². The van der Waals surface area contributed by atoms with Crippen LogP contribution < -0.4 is 5.43 Å². The van der Waals surface area contributed by atoms with Crippen LogP contribution in [-0.4, -0.2) is 24.7 Å². The number of hydrogen-bond acceptors (Lipinski definition) is 5. The van der Waals surface area contributed by atoms with E-state index in [1.54, 1.807) is 55.5 Å². The summed E-state index contributed by atoms with van der Waals surface area (Å²) >= 11 is 0. The molecule has 0 fully saturated rings. The molecular weight excluding hydrogens is 392 g/mol. The number of benzene rings is 2. The SMILES string of the molecule is CCOC(=O)c1ccc(-c2ccc(/C=N/NC(=O)c3ccc(C(C)(C)C)cc3)o2)cc1. The highest BCUT2D eigenvalue weighted by Gasteiger charge is 2.14. The molecule has 1 heterocycles. The fourth-order valence-electron chi connectivity index (χ4n) is 2.90. The van der Waals surface area contributed by atoms with Gasteiger partial charge in [-0.1, -0.05) is 45.0 Å². The van der Waals surface area contributed by atoms with Crippen LogP contribution in [0.15, 0.2) is 70.2 Å². The van der Waals surface area contributed by atoms with E-state index in [2.05, 4.69) is 31.3 Å². The Hall–Kier alpha value is -3.67. The smallest absolute Gasteiger partial charge is 0.338 e. The second kappa shape index (κ2) is 9.43. The average Bonchev–Trinajstić information content (AvgIpc) is 3.22. The van der Waals surface area contributed by atoms with Crippen LogP contribution in [-0.2, 0) is 10.2 Å². The quantitative estimate of drug-likeness (QED) is 0.340. The lowest BCUT2D eigenvalue weighted by Gasteiger charge is -2.18.